The number of carbonyl (C=O) groups is 2. The second kappa shape index (κ2) is 8.84. The molecule has 0 bridgehead atoms. The Hall–Kier alpha value is -2.86. The highest BCUT2D eigenvalue weighted by atomic mass is 16.5. The summed E-state index contributed by atoms with van der Waals surface area (Å²) in [6.45, 7) is 1.87. The van der Waals surface area contributed by atoms with Crippen LogP contribution in [0.4, 0.5) is 11.4 Å². The molecule has 0 aliphatic carbocycles. The summed E-state index contributed by atoms with van der Waals surface area (Å²) in [5.41, 5.74) is 1.41. The normalized spacial score (nSPS) is 11.7. The van der Waals surface area contributed by atoms with Gasteiger partial charge in [0.1, 0.15) is 5.75 Å². The Morgan fingerprint density at radius 1 is 1.00 bits per heavy atom. The lowest BCUT2D eigenvalue weighted by Gasteiger charge is -2.23. The highest BCUT2D eigenvalue weighted by Gasteiger charge is 2.20. The van der Waals surface area contributed by atoms with Crippen molar-refractivity contribution >= 4 is 23.2 Å². The van der Waals surface area contributed by atoms with E-state index >= 15 is 0 Å². The van der Waals surface area contributed by atoms with Gasteiger partial charge in [0.15, 0.2) is 0 Å². The van der Waals surface area contributed by atoms with Gasteiger partial charge in [0, 0.05) is 11.4 Å². The van der Waals surface area contributed by atoms with E-state index in [2.05, 4.69) is 10.6 Å². The Balaban J connectivity index is 1.85. The molecule has 0 fully saturated rings. The molecule has 132 valence electrons. The number of carbonyl (C=O) groups excluding carboxylic acids is 2. The van der Waals surface area contributed by atoms with E-state index in [0.717, 1.165) is 11.4 Å². The number of para-hydroxylation sites is 1. The number of benzene rings is 2. The van der Waals surface area contributed by atoms with Gasteiger partial charge in [0.05, 0.1) is 19.7 Å². The number of amides is 2. The van der Waals surface area contributed by atoms with Gasteiger partial charge in [0.2, 0.25) is 11.8 Å². The first-order valence-electron chi connectivity index (χ1n) is 7.99. The molecule has 1 atom stereocenters. The monoisotopic (exact) mass is 341 g/mol. The zero-order valence-corrected chi connectivity index (χ0v) is 14.7. The SMILES string of the molecule is COc1ccc(NC(=O)CN(C)[C@@H](C)C(=O)Nc2ccccc2)cc1. The smallest absolute Gasteiger partial charge is 0.241 e. The molecular weight excluding hydrogens is 318 g/mol. The fraction of sp³-hybridized carbons (Fsp3) is 0.263. The van der Waals surface area contributed by atoms with E-state index < -0.39 is 6.04 Å². The van der Waals surface area contributed by atoms with E-state index in [0.29, 0.717) is 5.69 Å². The first kappa shape index (κ1) is 18.5. The number of nitrogens with one attached hydrogen (secondary N) is 2. The number of nitrogens with zero attached hydrogens (tertiary/aromatic N) is 1. The average molecular weight is 341 g/mol. The molecule has 2 rings (SSSR count). The predicted molar refractivity (Wildman–Crippen MR) is 98.8 cm³/mol. The number of anilines is 2. The van der Waals surface area contributed by atoms with E-state index in [-0.39, 0.29) is 18.4 Å². The molecule has 25 heavy (non-hydrogen) atoms. The van der Waals surface area contributed by atoms with Crippen LogP contribution in [0.1, 0.15) is 6.92 Å². The highest BCUT2D eigenvalue weighted by molar-refractivity contribution is 5.96. The molecule has 0 aliphatic rings. The molecule has 0 saturated carbocycles. The Labute approximate surface area is 147 Å². The molecular formula is C19H23N3O3. The van der Waals surface area contributed by atoms with E-state index in [4.69, 9.17) is 4.74 Å². The van der Waals surface area contributed by atoms with Crippen LogP contribution in [0, 0.1) is 0 Å². The third-order valence-electron chi connectivity index (χ3n) is 3.85. The molecule has 6 heteroatoms. The van der Waals surface area contributed by atoms with Gasteiger partial charge in [0.25, 0.3) is 0 Å². The van der Waals surface area contributed by atoms with E-state index in [9.17, 15) is 9.59 Å². The third-order valence-corrected chi connectivity index (χ3v) is 3.85. The zero-order chi connectivity index (χ0) is 18.2. The maximum Gasteiger partial charge on any atom is 0.241 e. The Morgan fingerprint density at radius 2 is 1.60 bits per heavy atom. The molecule has 0 saturated heterocycles. The summed E-state index contributed by atoms with van der Waals surface area (Å²) in [4.78, 5) is 26.1. The zero-order valence-electron chi connectivity index (χ0n) is 14.7. The lowest BCUT2D eigenvalue weighted by molar-refractivity contribution is -0.122. The van der Waals surface area contributed by atoms with Gasteiger partial charge in [-0.2, -0.15) is 0 Å². The van der Waals surface area contributed by atoms with Crippen molar-refractivity contribution in [3.8, 4) is 5.75 Å². The summed E-state index contributed by atoms with van der Waals surface area (Å²) in [6, 6.07) is 15.9. The third kappa shape index (κ3) is 5.61. The molecule has 0 heterocycles. The van der Waals surface area contributed by atoms with Crippen LogP contribution in [-0.2, 0) is 9.59 Å². The molecule has 2 amide bonds. The van der Waals surface area contributed by atoms with Crippen molar-refractivity contribution < 1.29 is 14.3 Å². The fourth-order valence-corrected chi connectivity index (χ4v) is 2.21. The number of rotatable bonds is 7. The number of hydrogen-bond acceptors (Lipinski definition) is 4. The Kier molecular flexibility index (Phi) is 6.54. The van der Waals surface area contributed by atoms with Crippen molar-refractivity contribution in [1.82, 2.24) is 4.90 Å². The van der Waals surface area contributed by atoms with Crippen LogP contribution in [0.15, 0.2) is 54.6 Å². The average Bonchev–Trinajstić information content (AvgIpc) is 2.62. The Morgan fingerprint density at radius 3 is 2.20 bits per heavy atom. The number of ether oxygens (including phenoxy) is 1. The minimum atomic E-state index is -0.443. The van der Waals surface area contributed by atoms with E-state index in [1.807, 2.05) is 30.3 Å². The van der Waals surface area contributed by atoms with Crippen LogP contribution >= 0.6 is 0 Å². The van der Waals surface area contributed by atoms with Crippen LogP contribution in [-0.4, -0.2) is 43.5 Å². The maximum absolute atomic E-state index is 12.3. The molecule has 2 aromatic rings. The van der Waals surface area contributed by atoms with Crippen molar-refractivity contribution in [3.05, 3.63) is 54.6 Å². The van der Waals surface area contributed by atoms with E-state index in [1.165, 1.54) is 0 Å². The van der Waals surface area contributed by atoms with Gasteiger partial charge in [-0.15, -0.1) is 0 Å². The minimum absolute atomic E-state index is 0.107. The molecule has 6 nitrogen and oxygen atoms in total. The topological polar surface area (TPSA) is 70.7 Å². The molecule has 0 aromatic heterocycles. The maximum atomic E-state index is 12.3. The van der Waals surface area contributed by atoms with Gasteiger partial charge >= 0.3 is 0 Å². The molecule has 0 unspecified atom stereocenters. The summed E-state index contributed by atoms with van der Waals surface area (Å²) in [7, 11) is 3.33. The van der Waals surface area contributed by atoms with Crippen molar-refractivity contribution in [1.29, 1.82) is 0 Å². The minimum Gasteiger partial charge on any atom is -0.497 e. The van der Waals surface area contributed by atoms with Crippen LogP contribution < -0.4 is 15.4 Å². The standard InChI is InChI=1S/C19H23N3O3/c1-14(19(24)21-15-7-5-4-6-8-15)22(2)13-18(23)20-16-9-11-17(25-3)12-10-16/h4-12,14H,13H2,1-3H3,(H,20,23)(H,21,24)/t14-/m0/s1. The second-order valence-electron chi connectivity index (χ2n) is 5.72. The lowest BCUT2D eigenvalue weighted by atomic mass is 10.2. The van der Waals surface area contributed by atoms with Gasteiger partial charge < -0.3 is 15.4 Å². The van der Waals surface area contributed by atoms with Gasteiger partial charge in [-0.3, -0.25) is 14.5 Å². The summed E-state index contributed by atoms with van der Waals surface area (Å²) in [5, 5.41) is 5.63. The molecule has 2 aromatic carbocycles. The van der Waals surface area contributed by atoms with Gasteiger partial charge in [-0.05, 0) is 50.4 Å². The van der Waals surface area contributed by atoms with Crippen molar-refractivity contribution in [2.24, 2.45) is 0 Å². The predicted octanol–water partition coefficient (Wildman–Crippen LogP) is 2.59. The van der Waals surface area contributed by atoms with Crippen LogP contribution in [0.5, 0.6) is 5.75 Å². The van der Waals surface area contributed by atoms with Crippen LogP contribution in [0.25, 0.3) is 0 Å². The molecule has 0 radical (unpaired) electrons. The summed E-state index contributed by atoms with van der Waals surface area (Å²) in [5.74, 6) is 0.374. The van der Waals surface area contributed by atoms with Crippen LogP contribution in [0.3, 0.4) is 0 Å². The lowest BCUT2D eigenvalue weighted by Crippen LogP contribution is -2.43. The van der Waals surface area contributed by atoms with E-state index in [1.54, 1.807) is 50.2 Å². The largest absolute Gasteiger partial charge is 0.497 e. The summed E-state index contributed by atoms with van der Waals surface area (Å²) < 4.78 is 5.08. The number of methoxy groups -OCH3 is 1. The molecule has 0 aliphatic heterocycles. The highest BCUT2D eigenvalue weighted by Crippen LogP contribution is 2.15. The number of likely N-dealkylation sites (N-methyl/N-ethyl adjacent to an activating group) is 1. The summed E-state index contributed by atoms with van der Waals surface area (Å²) >= 11 is 0. The second-order valence-corrected chi connectivity index (χ2v) is 5.72. The Bertz CT molecular complexity index is 702. The first-order valence-corrected chi connectivity index (χ1v) is 7.99. The first-order chi connectivity index (χ1) is 12.0. The molecule has 2 N–H and O–H groups in total. The van der Waals surface area contributed by atoms with Gasteiger partial charge in [-0.1, -0.05) is 18.2 Å². The molecule has 0 spiro atoms. The fourth-order valence-electron chi connectivity index (χ4n) is 2.21. The van der Waals surface area contributed by atoms with Crippen molar-refractivity contribution in [2.75, 3.05) is 31.3 Å². The van der Waals surface area contributed by atoms with Crippen molar-refractivity contribution in [2.45, 2.75) is 13.0 Å². The quantitative estimate of drug-likeness (QED) is 0.812. The van der Waals surface area contributed by atoms with Gasteiger partial charge in [-0.25, -0.2) is 0 Å². The van der Waals surface area contributed by atoms with Crippen molar-refractivity contribution in [3.63, 3.8) is 0 Å². The number of hydrogen-bond donors (Lipinski definition) is 2. The van der Waals surface area contributed by atoms with Crippen LogP contribution in [0.2, 0.25) is 0 Å². The summed E-state index contributed by atoms with van der Waals surface area (Å²) in [6.07, 6.45) is 0.